The van der Waals surface area contributed by atoms with Crippen molar-refractivity contribution in [3.05, 3.63) is 35.4 Å². The van der Waals surface area contributed by atoms with Crippen LogP contribution in [0.4, 0.5) is 0 Å². The standard InChI is InChI=1S/C14H21NO2/c1-12-6-4-5-7-13(12)8-10-15(2)11-9-14(16)17-3/h4-7H,8-11H2,1-3H3. The van der Waals surface area contributed by atoms with E-state index in [1.807, 2.05) is 7.05 Å². The molecule has 3 heteroatoms. The van der Waals surface area contributed by atoms with Gasteiger partial charge in [0, 0.05) is 13.1 Å². The van der Waals surface area contributed by atoms with Gasteiger partial charge < -0.3 is 9.64 Å². The summed E-state index contributed by atoms with van der Waals surface area (Å²) in [6, 6.07) is 8.41. The van der Waals surface area contributed by atoms with Crippen LogP contribution in [0.5, 0.6) is 0 Å². The van der Waals surface area contributed by atoms with Crippen molar-refractivity contribution in [1.29, 1.82) is 0 Å². The average molecular weight is 235 g/mol. The van der Waals surface area contributed by atoms with Crippen LogP contribution in [0, 0.1) is 6.92 Å². The van der Waals surface area contributed by atoms with Crippen LogP contribution in [-0.4, -0.2) is 38.1 Å². The molecule has 0 heterocycles. The summed E-state index contributed by atoms with van der Waals surface area (Å²) in [5.41, 5.74) is 2.70. The Hall–Kier alpha value is -1.35. The van der Waals surface area contributed by atoms with E-state index in [0.29, 0.717) is 6.42 Å². The number of hydrogen-bond donors (Lipinski definition) is 0. The smallest absolute Gasteiger partial charge is 0.306 e. The van der Waals surface area contributed by atoms with Crippen LogP contribution in [0.1, 0.15) is 17.5 Å². The van der Waals surface area contributed by atoms with E-state index < -0.39 is 0 Å². The maximum absolute atomic E-state index is 11.0. The molecule has 0 aliphatic carbocycles. The third kappa shape index (κ3) is 5.00. The third-order valence-corrected chi connectivity index (χ3v) is 2.95. The van der Waals surface area contributed by atoms with Crippen LogP contribution >= 0.6 is 0 Å². The number of methoxy groups -OCH3 is 1. The van der Waals surface area contributed by atoms with E-state index in [1.54, 1.807) is 0 Å². The number of benzene rings is 1. The first-order chi connectivity index (χ1) is 8.13. The normalized spacial score (nSPS) is 10.6. The van der Waals surface area contributed by atoms with Crippen molar-refractivity contribution >= 4 is 5.97 Å². The molecule has 0 aromatic heterocycles. The van der Waals surface area contributed by atoms with E-state index >= 15 is 0 Å². The van der Waals surface area contributed by atoms with Gasteiger partial charge in [-0.3, -0.25) is 4.79 Å². The average Bonchev–Trinajstić information content (AvgIpc) is 2.35. The molecule has 0 N–H and O–H groups in total. The number of rotatable bonds is 6. The minimum atomic E-state index is -0.146. The molecule has 1 rings (SSSR count). The molecule has 94 valence electrons. The van der Waals surface area contributed by atoms with Crippen LogP contribution < -0.4 is 0 Å². The summed E-state index contributed by atoms with van der Waals surface area (Å²) in [5.74, 6) is -0.146. The number of likely N-dealkylation sites (N-methyl/N-ethyl adjacent to an activating group) is 1. The Balaban J connectivity index is 2.31. The summed E-state index contributed by atoms with van der Waals surface area (Å²) >= 11 is 0. The van der Waals surface area contributed by atoms with Crippen LogP contribution in [0.2, 0.25) is 0 Å². The Morgan fingerprint density at radius 1 is 1.29 bits per heavy atom. The molecule has 0 saturated carbocycles. The largest absolute Gasteiger partial charge is 0.469 e. The Bertz CT molecular complexity index is 363. The molecule has 0 unspecified atom stereocenters. The summed E-state index contributed by atoms with van der Waals surface area (Å²) in [5, 5.41) is 0. The highest BCUT2D eigenvalue weighted by Gasteiger charge is 2.05. The van der Waals surface area contributed by atoms with Crippen LogP contribution in [-0.2, 0) is 16.0 Å². The Morgan fingerprint density at radius 3 is 2.65 bits per heavy atom. The zero-order valence-electron chi connectivity index (χ0n) is 10.9. The topological polar surface area (TPSA) is 29.5 Å². The summed E-state index contributed by atoms with van der Waals surface area (Å²) in [4.78, 5) is 13.2. The van der Waals surface area contributed by atoms with E-state index in [4.69, 9.17) is 0 Å². The van der Waals surface area contributed by atoms with Crippen LogP contribution in [0.3, 0.4) is 0 Å². The van der Waals surface area contributed by atoms with Crippen LogP contribution in [0.25, 0.3) is 0 Å². The fourth-order valence-electron chi connectivity index (χ4n) is 1.70. The zero-order valence-corrected chi connectivity index (χ0v) is 10.9. The molecule has 0 fully saturated rings. The summed E-state index contributed by atoms with van der Waals surface area (Å²) in [7, 11) is 3.46. The lowest BCUT2D eigenvalue weighted by Crippen LogP contribution is -2.24. The number of esters is 1. The lowest BCUT2D eigenvalue weighted by atomic mass is 10.1. The highest BCUT2D eigenvalue weighted by atomic mass is 16.5. The van der Waals surface area contributed by atoms with Crippen molar-refractivity contribution < 1.29 is 9.53 Å². The Kier molecular flexibility index (Phi) is 5.70. The monoisotopic (exact) mass is 235 g/mol. The molecular weight excluding hydrogens is 214 g/mol. The van der Waals surface area contributed by atoms with Crippen molar-refractivity contribution in [2.45, 2.75) is 19.8 Å². The molecule has 0 aliphatic heterocycles. The maximum atomic E-state index is 11.0. The van der Waals surface area contributed by atoms with Crippen LogP contribution in [0.15, 0.2) is 24.3 Å². The van der Waals surface area contributed by atoms with E-state index in [1.165, 1.54) is 18.2 Å². The number of aryl methyl sites for hydroxylation is 1. The quantitative estimate of drug-likeness (QED) is 0.707. The van der Waals surface area contributed by atoms with Gasteiger partial charge in [-0.25, -0.2) is 0 Å². The van der Waals surface area contributed by atoms with E-state index in [-0.39, 0.29) is 5.97 Å². The Labute approximate surface area is 103 Å². The lowest BCUT2D eigenvalue weighted by Gasteiger charge is -2.16. The van der Waals surface area contributed by atoms with Crippen molar-refractivity contribution in [3.63, 3.8) is 0 Å². The maximum Gasteiger partial charge on any atom is 0.306 e. The van der Waals surface area contributed by atoms with Gasteiger partial charge in [-0.2, -0.15) is 0 Å². The minimum absolute atomic E-state index is 0.146. The molecule has 1 aromatic carbocycles. The molecule has 17 heavy (non-hydrogen) atoms. The first kappa shape index (κ1) is 13.7. The summed E-state index contributed by atoms with van der Waals surface area (Å²) in [6.07, 6.45) is 1.48. The van der Waals surface area contributed by atoms with E-state index in [2.05, 4.69) is 40.8 Å². The second kappa shape index (κ2) is 7.07. The van der Waals surface area contributed by atoms with E-state index in [0.717, 1.165) is 19.5 Å². The van der Waals surface area contributed by atoms with Gasteiger partial charge in [0.15, 0.2) is 0 Å². The predicted molar refractivity (Wildman–Crippen MR) is 69.0 cm³/mol. The number of carbonyl (C=O) groups is 1. The minimum Gasteiger partial charge on any atom is -0.469 e. The molecule has 3 nitrogen and oxygen atoms in total. The number of ether oxygens (including phenoxy) is 1. The third-order valence-electron chi connectivity index (χ3n) is 2.95. The first-order valence-electron chi connectivity index (χ1n) is 5.93. The van der Waals surface area contributed by atoms with Gasteiger partial charge in [-0.05, 0) is 31.5 Å². The Morgan fingerprint density at radius 2 is 2.00 bits per heavy atom. The molecule has 0 bridgehead atoms. The molecule has 0 spiro atoms. The molecule has 0 amide bonds. The summed E-state index contributed by atoms with van der Waals surface area (Å²) in [6.45, 7) is 3.84. The molecular formula is C14H21NO2. The van der Waals surface area contributed by atoms with Gasteiger partial charge in [0.2, 0.25) is 0 Å². The molecule has 1 aromatic rings. The fraction of sp³-hybridized carbons (Fsp3) is 0.500. The number of carbonyl (C=O) groups excluding carboxylic acids is 1. The fourth-order valence-corrected chi connectivity index (χ4v) is 1.70. The van der Waals surface area contributed by atoms with Gasteiger partial charge in [0.05, 0.1) is 13.5 Å². The van der Waals surface area contributed by atoms with Gasteiger partial charge in [0.1, 0.15) is 0 Å². The van der Waals surface area contributed by atoms with Gasteiger partial charge in [-0.1, -0.05) is 24.3 Å². The molecule has 0 aliphatic rings. The molecule has 0 atom stereocenters. The zero-order chi connectivity index (χ0) is 12.7. The highest BCUT2D eigenvalue weighted by molar-refractivity contribution is 5.69. The van der Waals surface area contributed by atoms with E-state index in [9.17, 15) is 4.79 Å². The van der Waals surface area contributed by atoms with Gasteiger partial charge >= 0.3 is 5.97 Å². The number of nitrogens with zero attached hydrogens (tertiary/aromatic N) is 1. The van der Waals surface area contributed by atoms with Crippen molar-refractivity contribution in [2.75, 3.05) is 27.2 Å². The van der Waals surface area contributed by atoms with Crippen molar-refractivity contribution in [1.82, 2.24) is 4.90 Å². The predicted octanol–water partition coefficient (Wildman–Crippen LogP) is 2.03. The highest BCUT2D eigenvalue weighted by Crippen LogP contribution is 2.08. The first-order valence-corrected chi connectivity index (χ1v) is 5.93. The van der Waals surface area contributed by atoms with Gasteiger partial charge in [-0.15, -0.1) is 0 Å². The molecule has 0 saturated heterocycles. The second-order valence-electron chi connectivity index (χ2n) is 4.31. The SMILES string of the molecule is COC(=O)CCN(C)CCc1ccccc1C. The second-order valence-corrected chi connectivity index (χ2v) is 4.31. The molecule has 0 radical (unpaired) electrons. The van der Waals surface area contributed by atoms with Crippen molar-refractivity contribution in [3.8, 4) is 0 Å². The lowest BCUT2D eigenvalue weighted by molar-refractivity contribution is -0.140. The number of hydrogen-bond acceptors (Lipinski definition) is 3. The van der Waals surface area contributed by atoms with Crippen molar-refractivity contribution in [2.24, 2.45) is 0 Å². The summed E-state index contributed by atoms with van der Waals surface area (Å²) < 4.78 is 4.62. The van der Waals surface area contributed by atoms with Gasteiger partial charge in [0.25, 0.3) is 0 Å².